The number of nitrogens with one attached hydrogen (secondary N) is 1. The normalized spacial score (nSPS) is 28.5. The summed E-state index contributed by atoms with van der Waals surface area (Å²) in [5.41, 5.74) is -0.945. The molecule has 0 bridgehead atoms. The number of hydrogen-bond donors (Lipinski definition) is 1. The van der Waals surface area contributed by atoms with Crippen molar-refractivity contribution >= 4 is 12.0 Å². The number of fused-ring (bicyclic) bond motifs is 1. The fourth-order valence-electron chi connectivity index (χ4n) is 4.11. The molecule has 26 heavy (non-hydrogen) atoms. The Bertz CT molecular complexity index is 687. The van der Waals surface area contributed by atoms with Gasteiger partial charge in [0.05, 0.1) is 5.56 Å². The van der Waals surface area contributed by atoms with Gasteiger partial charge < -0.3 is 20.1 Å². The molecular weight excluding hydrogens is 349 g/mol. The molecule has 1 aliphatic heterocycles. The summed E-state index contributed by atoms with van der Waals surface area (Å²) in [6.45, 7) is 7.01. The quantitative estimate of drug-likeness (QED) is 0.882. The summed E-state index contributed by atoms with van der Waals surface area (Å²) in [7, 11) is 0. The smallest absolute Gasteiger partial charge is 0.419 e. The van der Waals surface area contributed by atoms with Gasteiger partial charge in [0.25, 0.3) is 0 Å². The summed E-state index contributed by atoms with van der Waals surface area (Å²) < 4.78 is 37.6. The molecule has 3 rings (SSSR count). The van der Waals surface area contributed by atoms with Crippen molar-refractivity contribution in [2.75, 3.05) is 18.4 Å². The van der Waals surface area contributed by atoms with E-state index in [9.17, 15) is 23.1 Å². The lowest BCUT2D eigenvalue weighted by Gasteiger charge is -2.46. The number of rotatable bonds is 3. The second-order valence-corrected chi connectivity index (χ2v) is 8.26. The Morgan fingerprint density at radius 1 is 1.35 bits per heavy atom. The second kappa shape index (κ2) is 5.99. The lowest BCUT2D eigenvalue weighted by Crippen LogP contribution is -2.56. The number of nitrogens with zero attached hydrogens (tertiary/aromatic N) is 3. The fraction of sp³-hybridized carbons (Fsp3) is 0.706. The third kappa shape index (κ3) is 3.31. The van der Waals surface area contributed by atoms with E-state index in [4.69, 9.17) is 0 Å². The van der Waals surface area contributed by atoms with Gasteiger partial charge in [0.15, 0.2) is 0 Å². The lowest BCUT2D eigenvalue weighted by molar-refractivity contribution is -0.270. The predicted molar refractivity (Wildman–Crippen MR) is 86.0 cm³/mol. The molecule has 0 spiro atoms. The number of halogens is 3. The van der Waals surface area contributed by atoms with Crippen molar-refractivity contribution in [3.8, 4) is 0 Å². The van der Waals surface area contributed by atoms with E-state index in [0.29, 0.717) is 31.3 Å². The standard InChI is InChI=1S/C17H23F3N4O2/c1-15(2,3)16-5-10(16)4-12(24(9-16)14(25)26)8-23-13-21-6-11(7-22-13)17(18,19)20/h6-7,10,12H,4-5,8-9H2,1-3H3,(H,25,26)(H,21,22,23)/p-1/t10-,12-,16+/m0/s1. The predicted octanol–water partition coefficient (Wildman–Crippen LogP) is 2.38. The summed E-state index contributed by atoms with van der Waals surface area (Å²) in [5.74, 6) is 0.484. The van der Waals surface area contributed by atoms with Gasteiger partial charge in [-0.3, -0.25) is 0 Å². The summed E-state index contributed by atoms with van der Waals surface area (Å²) in [5, 5.41) is 14.4. The van der Waals surface area contributed by atoms with E-state index < -0.39 is 17.8 Å². The highest BCUT2D eigenvalue weighted by Gasteiger charge is 2.64. The number of carbonyl (C=O) groups excluding carboxylic acids is 1. The molecule has 1 saturated heterocycles. The number of piperidine rings is 1. The molecule has 0 aromatic carbocycles. The second-order valence-electron chi connectivity index (χ2n) is 8.26. The first-order valence-corrected chi connectivity index (χ1v) is 8.55. The van der Waals surface area contributed by atoms with Crippen LogP contribution in [0.1, 0.15) is 39.2 Å². The van der Waals surface area contributed by atoms with E-state index in [1.54, 1.807) is 0 Å². The van der Waals surface area contributed by atoms with Gasteiger partial charge in [0, 0.05) is 31.5 Å². The van der Waals surface area contributed by atoms with Crippen molar-refractivity contribution in [3.05, 3.63) is 18.0 Å². The molecule has 2 aliphatic rings. The maximum atomic E-state index is 12.5. The molecule has 0 radical (unpaired) electrons. The van der Waals surface area contributed by atoms with E-state index >= 15 is 0 Å². The first-order chi connectivity index (χ1) is 11.9. The van der Waals surface area contributed by atoms with Crippen LogP contribution in [0.3, 0.4) is 0 Å². The van der Waals surface area contributed by atoms with Crippen molar-refractivity contribution in [1.29, 1.82) is 0 Å². The maximum absolute atomic E-state index is 12.5. The summed E-state index contributed by atoms with van der Waals surface area (Å²) >= 11 is 0. The molecule has 2 fully saturated rings. The first-order valence-electron chi connectivity index (χ1n) is 8.55. The van der Waals surface area contributed by atoms with E-state index in [1.165, 1.54) is 4.90 Å². The Morgan fingerprint density at radius 2 is 1.96 bits per heavy atom. The third-order valence-electron chi connectivity index (χ3n) is 5.89. The van der Waals surface area contributed by atoms with E-state index in [2.05, 4.69) is 36.1 Å². The Hall–Kier alpha value is -2.06. The van der Waals surface area contributed by atoms with Gasteiger partial charge in [-0.25, -0.2) is 9.97 Å². The fourth-order valence-corrected chi connectivity index (χ4v) is 4.11. The van der Waals surface area contributed by atoms with Gasteiger partial charge in [-0.15, -0.1) is 0 Å². The molecule has 1 N–H and O–H groups in total. The molecular formula is C17H22F3N4O2-. The summed E-state index contributed by atoms with van der Waals surface area (Å²) in [6.07, 6.45) is -2.63. The van der Waals surface area contributed by atoms with E-state index in [0.717, 1.165) is 6.42 Å². The van der Waals surface area contributed by atoms with Crippen LogP contribution in [0.4, 0.5) is 23.9 Å². The Morgan fingerprint density at radius 3 is 2.46 bits per heavy atom. The van der Waals surface area contributed by atoms with Gasteiger partial charge in [-0.05, 0) is 29.6 Å². The van der Waals surface area contributed by atoms with Crippen molar-refractivity contribution in [1.82, 2.24) is 14.9 Å². The Labute approximate surface area is 149 Å². The minimum atomic E-state index is -4.49. The molecule has 6 nitrogen and oxygen atoms in total. The van der Waals surface area contributed by atoms with Crippen LogP contribution < -0.4 is 10.4 Å². The summed E-state index contributed by atoms with van der Waals surface area (Å²) in [6, 6.07) is -0.311. The molecule has 1 aliphatic carbocycles. The molecule has 9 heteroatoms. The minimum absolute atomic E-state index is 0.000300. The van der Waals surface area contributed by atoms with Crippen molar-refractivity contribution in [2.45, 2.75) is 45.8 Å². The molecule has 1 aromatic rings. The number of likely N-dealkylation sites (tertiary alicyclic amines) is 1. The highest BCUT2D eigenvalue weighted by Crippen LogP contribution is 2.67. The van der Waals surface area contributed by atoms with Gasteiger partial charge in [-0.1, -0.05) is 20.8 Å². The number of carbonyl (C=O) groups is 1. The number of anilines is 1. The SMILES string of the molecule is CC(C)(C)[C@@]12C[C@@H]1C[C@@H](CNc1ncc(C(F)(F)F)cn1)N(C(=O)[O-])C2. The third-order valence-corrected chi connectivity index (χ3v) is 5.89. The molecule has 1 aromatic heterocycles. The van der Waals surface area contributed by atoms with Crippen LogP contribution in [0.25, 0.3) is 0 Å². The van der Waals surface area contributed by atoms with Gasteiger partial charge in [-0.2, -0.15) is 13.2 Å². The van der Waals surface area contributed by atoms with Crippen molar-refractivity contribution in [2.24, 2.45) is 16.7 Å². The van der Waals surface area contributed by atoms with Crippen LogP contribution in [-0.2, 0) is 6.18 Å². The molecule has 144 valence electrons. The highest BCUT2D eigenvalue weighted by molar-refractivity contribution is 5.64. The maximum Gasteiger partial charge on any atom is 0.419 e. The lowest BCUT2D eigenvalue weighted by atomic mass is 9.73. The average Bonchev–Trinajstić information content (AvgIpc) is 3.26. The molecule has 2 heterocycles. The largest absolute Gasteiger partial charge is 0.530 e. The Balaban J connectivity index is 1.66. The zero-order valence-corrected chi connectivity index (χ0v) is 14.9. The number of carboxylic acid groups (broad SMARTS) is 1. The Kier molecular flexibility index (Phi) is 4.31. The molecule has 1 saturated carbocycles. The topological polar surface area (TPSA) is 81.2 Å². The van der Waals surface area contributed by atoms with Gasteiger partial charge in [0.2, 0.25) is 5.95 Å². The zero-order valence-electron chi connectivity index (χ0n) is 14.9. The monoisotopic (exact) mass is 371 g/mol. The number of hydrogen-bond acceptors (Lipinski definition) is 5. The van der Waals surface area contributed by atoms with Crippen LogP contribution in [-0.4, -0.2) is 40.1 Å². The van der Waals surface area contributed by atoms with Crippen LogP contribution >= 0.6 is 0 Å². The van der Waals surface area contributed by atoms with E-state index in [-0.39, 0.29) is 29.4 Å². The average molecular weight is 371 g/mol. The number of amides is 1. The van der Waals surface area contributed by atoms with Gasteiger partial charge >= 0.3 is 6.18 Å². The molecule has 0 unspecified atom stereocenters. The van der Waals surface area contributed by atoms with Crippen LogP contribution in [0.15, 0.2) is 12.4 Å². The first kappa shape index (κ1) is 18.7. The van der Waals surface area contributed by atoms with Gasteiger partial charge in [0.1, 0.15) is 6.09 Å². The van der Waals surface area contributed by atoms with E-state index in [1.807, 2.05) is 0 Å². The number of alkyl halides is 3. The summed E-state index contributed by atoms with van der Waals surface area (Å²) in [4.78, 5) is 20.3. The molecule has 1 amide bonds. The molecule has 3 atom stereocenters. The van der Waals surface area contributed by atoms with Crippen LogP contribution in [0.2, 0.25) is 0 Å². The van der Waals surface area contributed by atoms with Crippen molar-refractivity contribution < 1.29 is 23.1 Å². The zero-order chi connectivity index (χ0) is 19.3. The number of aromatic nitrogens is 2. The van der Waals surface area contributed by atoms with Crippen molar-refractivity contribution in [3.63, 3.8) is 0 Å². The van der Waals surface area contributed by atoms with Crippen LogP contribution in [0, 0.1) is 16.7 Å². The van der Waals surface area contributed by atoms with Crippen LogP contribution in [0.5, 0.6) is 0 Å². The highest BCUT2D eigenvalue weighted by atomic mass is 19.4. The minimum Gasteiger partial charge on any atom is -0.530 e.